The van der Waals surface area contributed by atoms with Crippen molar-refractivity contribution >= 4 is 17.2 Å². The van der Waals surface area contributed by atoms with E-state index in [9.17, 15) is 4.79 Å². The van der Waals surface area contributed by atoms with Gasteiger partial charge in [0.1, 0.15) is 6.33 Å². The highest BCUT2D eigenvalue weighted by Crippen LogP contribution is 2.22. The number of nitrogens with zero attached hydrogens (tertiary/aromatic N) is 4. The van der Waals surface area contributed by atoms with E-state index in [-0.39, 0.29) is 11.9 Å². The zero-order chi connectivity index (χ0) is 16.2. The van der Waals surface area contributed by atoms with Crippen LogP contribution in [0.5, 0.6) is 0 Å². The fourth-order valence-electron chi connectivity index (χ4n) is 2.29. The van der Waals surface area contributed by atoms with Gasteiger partial charge in [-0.25, -0.2) is 4.98 Å². The van der Waals surface area contributed by atoms with Crippen LogP contribution in [0.1, 0.15) is 35.5 Å². The van der Waals surface area contributed by atoms with Crippen LogP contribution < -0.4 is 5.32 Å². The minimum absolute atomic E-state index is 0.199. The van der Waals surface area contributed by atoms with Gasteiger partial charge in [0.05, 0.1) is 11.7 Å². The van der Waals surface area contributed by atoms with Crippen molar-refractivity contribution < 1.29 is 4.79 Å². The number of rotatable bonds is 5. The van der Waals surface area contributed by atoms with Crippen LogP contribution in [0.3, 0.4) is 0 Å². The second-order valence-electron chi connectivity index (χ2n) is 5.07. The highest BCUT2D eigenvalue weighted by Gasteiger charge is 2.18. The van der Waals surface area contributed by atoms with Crippen LogP contribution in [0, 0.1) is 0 Å². The van der Waals surface area contributed by atoms with Gasteiger partial charge >= 0.3 is 0 Å². The van der Waals surface area contributed by atoms with Gasteiger partial charge in [0.15, 0.2) is 10.8 Å². The Hall–Kier alpha value is -2.54. The molecule has 1 atom stereocenters. The van der Waals surface area contributed by atoms with Crippen LogP contribution in [0.15, 0.2) is 42.0 Å². The zero-order valence-electron chi connectivity index (χ0n) is 12.9. The fourth-order valence-corrected chi connectivity index (χ4v) is 3.01. The zero-order valence-corrected chi connectivity index (χ0v) is 13.7. The summed E-state index contributed by atoms with van der Waals surface area (Å²) in [6.45, 7) is 4.66. The average Bonchev–Trinajstić information content (AvgIpc) is 3.24. The van der Waals surface area contributed by atoms with Gasteiger partial charge in [-0.05, 0) is 13.8 Å². The number of hydrogen-bond donors (Lipinski definition) is 1. The topological polar surface area (TPSA) is 72.7 Å². The Kier molecular flexibility index (Phi) is 4.47. The molecule has 1 N–H and O–H groups in total. The summed E-state index contributed by atoms with van der Waals surface area (Å²) in [5.74, 6) is 0.538. The van der Waals surface area contributed by atoms with Crippen molar-refractivity contribution in [1.82, 2.24) is 25.1 Å². The molecular weight excluding hydrogens is 310 g/mol. The van der Waals surface area contributed by atoms with Crippen LogP contribution in [-0.2, 0) is 6.54 Å². The first kappa shape index (κ1) is 15.4. The standard InChI is InChI=1S/C16H17N5OS/c1-3-21-10-17-20-14(21)11(2)18-15(22)16-19-13(9-23-16)12-7-5-4-6-8-12/h4-11H,3H2,1-2H3,(H,18,22). The van der Waals surface area contributed by atoms with E-state index in [4.69, 9.17) is 0 Å². The number of nitrogens with one attached hydrogen (secondary N) is 1. The largest absolute Gasteiger partial charge is 0.340 e. The summed E-state index contributed by atoms with van der Waals surface area (Å²) in [5.41, 5.74) is 1.81. The van der Waals surface area contributed by atoms with Crippen molar-refractivity contribution in [1.29, 1.82) is 0 Å². The molecule has 0 radical (unpaired) electrons. The van der Waals surface area contributed by atoms with Crippen molar-refractivity contribution in [2.75, 3.05) is 0 Å². The predicted molar refractivity (Wildman–Crippen MR) is 89.1 cm³/mol. The van der Waals surface area contributed by atoms with Crippen molar-refractivity contribution in [3.8, 4) is 11.3 Å². The maximum atomic E-state index is 12.4. The first-order valence-corrected chi connectivity index (χ1v) is 8.26. The summed E-state index contributed by atoms with van der Waals surface area (Å²) >= 11 is 1.34. The second-order valence-corrected chi connectivity index (χ2v) is 5.93. The van der Waals surface area contributed by atoms with Crippen molar-refractivity contribution in [3.63, 3.8) is 0 Å². The predicted octanol–water partition coefficient (Wildman–Crippen LogP) is 2.91. The molecule has 0 bridgehead atoms. The van der Waals surface area contributed by atoms with Crippen LogP contribution in [0.4, 0.5) is 0 Å². The molecule has 3 rings (SSSR count). The summed E-state index contributed by atoms with van der Waals surface area (Å²) in [6, 6.07) is 9.58. The number of aryl methyl sites for hydroxylation is 1. The molecule has 1 amide bonds. The van der Waals surface area contributed by atoms with Crippen molar-refractivity contribution in [2.24, 2.45) is 0 Å². The van der Waals surface area contributed by atoms with Gasteiger partial charge in [-0.3, -0.25) is 4.79 Å². The molecule has 2 heterocycles. The van der Waals surface area contributed by atoms with E-state index in [1.54, 1.807) is 6.33 Å². The third-order valence-corrected chi connectivity index (χ3v) is 4.33. The van der Waals surface area contributed by atoms with Gasteiger partial charge in [0, 0.05) is 17.5 Å². The van der Waals surface area contributed by atoms with Gasteiger partial charge in [-0.1, -0.05) is 30.3 Å². The van der Waals surface area contributed by atoms with Gasteiger partial charge in [0.25, 0.3) is 5.91 Å². The number of carbonyl (C=O) groups is 1. The molecule has 0 aliphatic carbocycles. The Labute approximate surface area is 138 Å². The summed E-state index contributed by atoms with van der Waals surface area (Å²) in [7, 11) is 0. The Balaban J connectivity index is 1.73. The number of thiazole rings is 1. The summed E-state index contributed by atoms with van der Waals surface area (Å²) in [5, 5.41) is 13.2. The molecule has 2 aromatic heterocycles. The van der Waals surface area contributed by atoms with Crippen molar-refractivity contribution in [2.45, 2.75) is 26.4 Å². The molecule has 118 valence electrons. The molecule has 6 nitrogen and oxygen atoms in total. The lowest BCUT2D eigenvalue weighted by Gasteiger charge is -2.12. The molecule has 0 aliphatic rings. The lowest BCUT2D eigenvalue weighted by Crippen LogP contribution is -2.28. The minimum Gasteiger partial charge on any atom is -0.340 e. The highest BCUT2D eigenvalue weighted by atomic mass is 32.1. The number of benzene rings is 1. The summed E-state index contributed by atoms with van der Waals surface area (Å²) in [6.07, 6.45) is 1.66. The van der Waals surface area contributed by atoms with Gasteiger partial charge < -0.3 is 9.88 Å². The van der Waals surface area contributed by atoms with E-state index in [0.29, 0.717) is 5.01 Å². The highest BCUT2D eigenvalue weighted by molar-refractivity contribution is 7.12. The Morgan fingerprint density at radius 1 is 1.35 bits per heavy atom. The van der Waals surface area contributed by atoms with Gasteiger partial charge in [-0.15, -0.1) is 21.5 Å². The van der Waals surface area contributed by atoms with Gasteiger partial charge in [-0.2, -0.15) is 0 Å². The Morgan fingerprint density at radius 2 is 2.13 bits per heavy atom. The van der Waals surface area contributed by atoms with E-state index < -0.39 is 0 Å². The molecular formula is C16H17N5OS. The Morgan fingerprint density at radius 3 is 2.87 bits per heavy atom. The van der Waals surface area contributed by atoms with Crippen LogP contribution >= 0.6 is 11.3 Å². The monoisotopic (exact) mass is 327 g/mol. The molecule has 0 aliphatic heterocycles. The first-order valence-electron chi connectivity index (χ1n) is 7.38. The Bertz CT molecular complexity index is 796. The van der Waals surface area contributed by atoms with E-state index >= 15 is 0 Å². The molecule has 3 aromatic rings. The quantitative estimate of drug-likeness (QED) is 0.782. The van der Waals surface area contributed by atoms with Crippen molar-refractivity contribution in [3.05, 3.63) is 52.9 Å². The third-order valence-electron chi connectivity index (χ3n) is 3.49. The molecule has 7 heteroatoms. The second kappa shape index (κ2) is 6.70. The number of carbonyl (C=O) groups excluding carboxylic acids is 1. The molecule has 1 unspecified atom stereocenters. The molecule has 23 heavy (non-hydrogen) atoms. The van der Waals surface area contributed by atoms with Crippen LogP contribution in [0.25, 0.3) is 11.3 Å². The number of aromatic nitrogens is 4. The average molecular weight is 327 g/mol. The maximum absolute atomic E-state index is 12.4. The molecule has 0 saturated carbocycles. The fraction of sp³-hybridized carbons (Fsp3) is 0.250. The normalized spacial score (nSPS) is 12.1. The summed E-state index contributed by atoms with van der Waals surface area (Å²) in [4.78, 5) is 16.8. The van der Waals surface area contributed by atoms with Crippen LogP contribution in [-0.4, -0.2) is 25.7 Å². The number of hydrogen-bond acceptors (Lipinski definition) is 5. The van der Waals surface area contributed by atoms with E-state index in [0.717, 1.165) is 23.6 Å². The van der Waals surface area contributed by atoms with E-state index in [1.807, 2.05) is 54.1 Å². The third kappa shape index (κ3) is 3.29. The summed E-state index contributed by atoms with van der Waals surface area (Å²) < 4.78 is 1.90. The molecule has 0 saturated heterocycles. The minimum atomic E-state index is -0.228. The molecule has 0 fully saturated rings. The number of amides is 1. The van der Waals surface area contributed by atoms with Gasteiger partial charge in [0.2, 0.25) is 0 Å². The lowest BCUT2D eigenvalue weighted by atomic mass is 10.2. The molecule has 0 spiro atoms. The maximum Gasteiger partial charge on any atom is 0.280 e. The smallest absolute Gasteiger partial charge is 0.280 e. The SMILES string of the molecule is CCn1cnnc1C(C)NC(=O)c1nc(-c2ccccc2)cs1. The van der Waals surface area contributed by atoms with E-state index in [1.165, 1.54) is 11.3 Å². The van der Waals surface area contributed by atoms with Crippen LogP contribution in [0.2, 0.25) is 0 Å². The lowest BCUT2D eigenvalue weighted by molar-refractivity contribution is 0.0937. The van der Waals surface area contributed by atoms with E-state index in [2.05, 4.69) is 20.5 Å². The molecule has 1 aromatic carbocycles. The first-order chi connectivity index (χ1) is 11.2.